The van der Waals surface area contributed by atoms with Crippen molar-refractivity contribution >= 4 is 35.0 Å². The van der Waals surface area contributed by atoms with E-state index in [0.717, 1.165) is 28.8 Å². The highest BCUT2D eigenvalue weighted by Crippen LogP contribution is 2.28. The summed E-state index contributed by atoms with van der Waals surface area (Å²) in [6.45, 7) is 2.31. The number of amides is 1. The first-order valence-corrected chi connectivity index (χ1v) is 11.2. The predicted molar refractivity (Wildman–Crippen MR) is 135 cm³/mol. The number of benzene rings is 3. The van der Waals surface area contributed by atoms with Crippen molar-refractivity contribution in [2.75, 3.05) is 12.0 Å². The maximum Gasteiger partial charge on any atom is 0.281 e. The largest absolute Gasteiger partial charge is 0.496 e. The zero-order chi connectivity index (χ0) is 24.1. The van der Waals surface area contributed by atoms with Crippen LogP contribution in [-0.2, 0) is 17.8 Å². The molecule has 0 unspecified atom stereocenters. The van der Waals surface area contributed by atoms with Crippen molar-refractivity contribution in [3.63, 3.8) is 0 Å². The van der Waals surface area contributed by atoms with Crippen LogP contribution in [0.25, 0.3) is 6.08 Å². The first kappa shape index (κ1) is 23.0. The Hall–Kier alpha value is -4.15. The third-order valence-electron chi connectivity index (χ3n) is 5.48. The molecule has 6 nitrogen and oxygen atoms in total. The molecule has 0 aliphatic carbocycles. The molecule has 1 saturated heterocycles. The van der Waals surface area contributed by atoms with E-state index in [1.807, 2.05) is 49.4 Å². The molecule has 3 aromatic carbocycles. The van der Waals surface area contributed by atoms with Crippen LogP contribution in [0.3, 0.4) is 0 Å². The van der Waals surface area contributed by atoms with Gasteiger partial charge in [0.1, 0.15) is 23.8 Å². The van der Waals surface area contributed by atoms with Crippen LogP contribution in [0.15, 0.2) is 72.4 Å². The van der Waals surface area contributed by atoms with Crippen LogP contribution in [0.2, 0.25) is 0 Å². The highest BCUT2D eigenvalue weighted by Gasteiger charge is 2.33. The summed E-state index contributed by atoms with van der Waals surface area (Å²) in [6, 6.07) is 22.4. The topological polar surface area (TPSA) is 74.6 Å². The molecular weight excluding hydrogens is 446 g/mol. The lowest BCUT2D eigenvalue weighted by Crippen LogP contribution is -2.31. The lowest BCUT2D eigenvalue weighted by Gasteiger charge is -2.17. The van der Waals surface area contributed by atoms with Crippen LogP contribution < -0.4 is 19.7 Å². The van der Waals surface area contributed by atoms with E-state index in [-0.39, 0.29) is 12.5 Å². The minimum absolute atomic E-state index is 0.197. The maximum absolute atomic E-state index is 13.2. The Balaban J connectivity index is 1.57. The third-order valence-corrected chi connectivity index (χ3v) is 5.77. The second kappa shape index (κ2) is 10.2. The van der Waals surface area contributed by atoms with E-state index in [9.17, 15) is 4.79 Å². The van der Waals surface area contributed by atoms with Gasteiger partial charge in [0.2, 0.25) is 0 Å². The Kier molecular flexibility index (Phi) is 6.90. The molecule has 1 amide bonds. The van der Waals surface area contributed by atoms with Crippen molar-refractivity contribution in [1.82, 2.24) is 5.32 Å². The number of methoxy groups -OCH3 is 1. The Morgan fingerprint density at radius 2 is 1.85 bits per heavy atom. The summed E-state index contributed by atoms with van der Waals surface area (Å²) in [4.78, 5) is 14.7. The lowest BCUT2D eigenvalue weighted by atomic mass is 10.1. The Morgan fingerprint density at radius 3 is 2.56 bits per heavy atom. The smallest absolute Gasteiger partial charge is 0.281 e. The molecule has 0 aromatic heterocycles. The average molecular weight is 470 g/mol. The van der Waals surface area contributed by atoms with E-state index in [2.05, 4.69) is 11.4 Å². The molecule has 34 heavy (non-hydrogen) atoms. The van der Waals surface area contributed by atoms with Crippen LogP contribution in [0.4, 0.5) is 5.69 Å². The number of nitrogens with zero attached hydrogens (tertiary/aromatic N) is 2. The zero-order valence-electron chi connectivity index (χ0n) is 18.9. The fourth-order valence-electron chi connectivity index (χ4n) is 3.74. The molecule has 3 aromatic rings. The number of carbonyl (C=O) groups is 1. The van der Waals surface area contributed by atoms with Gasteiger partial charge in [-0.1, -0.05) is 31.2 Å². The van der Waals surface area contributed by atoms with E-state index < -0.39 is 0 Å². The SMILES string of the molecule is CCc1ccccc1N1C(=O)/C(=C\c2ccc(OC)c(COc3ccc(C#N)cc3)c2)NC1=S. The van der Waals surface area contributed by atoms with Crippen LogP contribution >= 0.6 is 12.2 Å². The van der Waals surface area contributed by atoms with Gasteiger partial charge >= 0.3 is 0 Å². The number of para-hydroxylation sites is 1. The van der Waals surface area contributed by atoms with Gasteiger partial charge in [-0.15, -0.1) is 0 Å². The number of carbonyl (C=O) groups excluding carboxylic acids is 1. The number of aryl methyl sites for hydroxylation is 1. The molecule has 0 bridgehead atoms. The van der Waals surface area contributed by atoms with Gasteiger partial charge in [0.15, 0.2) is 5.11 Å². The van der Waals surface area contributed by atoms with Crippen LogP contribution in [0.1, 0.15) is 29.2 Å². The van der Waals surface area contributed by atoms with E-state index in [0.29, 0.717) is 27.9 Å². The Labute approximate surface area is 204 Å². The molecule has 0 saturated carbocycles. The number of hydrogen-bond acceptors (Lipinski definition) is 5. The summed E-state index contributed by atoms with van der Waals surface area (Å²) in [5, 5.41) is 12.3. The van der Waals surface area contributed by atoms with Gasteiger partial charge in [0.25, 0.3) is 5.91 Å². The summed E-state index contributed by atoms with van der Waals surface area (Å²) in [7, 11) is 1.60. The molecule has 0 atom stereocenters. The quantitative estimate of drug-likeness (QED) is 0.389. The minimum atomic E-state index is -0.197. The second-order valence-electron chi connectivity index (χ2n) is 7.61. The van der Waals surface area contributed by atoms with Gasteiger partial charge in [0, 0.05) is 5.56 Å². The molecule has 7 heteroatoms. The highest BCUT2D eigenvalue weighted by atomic mass is 32.1. The molecule has 1 N–H and O–H groups in total. The van der Waals surface area contributed by atoms with Crippen molar-refractivity contribution in [1.29, 1.82) is 5.26 Å². The normalized spacial score (nSPS) is 14.1. The maximum atomic E-state index is 13.2. The van der Waals surface area contributed by atoms with Crippen LogP contribution in [0.5, 0.6) is 11.5 Å². The molecule has 0 radical (unpaired) electrons. The lowest BCUT2D eigenvalue weighted by molar-refractivity contribution is -0.113. The van der Waals surface area contributed by atoms with Gasteiger partial charge in [-0.25, -0.2) is 0 Å². The zero-order valence-corrected chi connectivity index (χ0v) is 19.7. The molecule has 1 aliphatic rings. The Bertz CT molecular complexity index is 1310. The first-order valence-electron chi connectivity index (χ1n) is 10.8. The third kappa shape index (κ3) is 4.77. The van der Waals surface area contributed by atoms with Gasteiger partial charge in [-0.2, -0.15) is 5.26 Å². The summed E-state index contributed by atoms with van der Waals surface area (Å²) in [5.41, 5.74) is 4.45. The summed E-state index contributed by atoms with van der Waals surface area (Å²) >= 11 is 5.47. The number of thiocarbonyl (C=S) groups is 1. The standard InChI is InChI=1S/C27H23N3O3S/c1-3-20-6-4-5-7-24(20)30-26(31)23(29-27(30)34)15-19-10-13-25(32-2)21(14-19)17-33-22-11-8-18(16-28)9-12-22/h4-15H,3,17H2,1-2H3,(H,29,34)/b23-15+. The van der Waals surface area contributed by atoms with E-state index in [1.54, 1.807) is 42.4 Å². The Morgan fingerprint density at radius 1 is 1.09 bits per heavy atom. The van der Waals surface area contributed by atoms with Crippen molar-refractivity contribution in [2.45, 2.75) is 20.0 Å². The van der Waals surface area contributed by atoms with Crippen molar-refractivity contribution < 1.29 is 14.3 Å². The predicted octanol–water partition coefficient (Wildman–Crippen LogP) is 4.97. The average Bonchev–Trinajstić information content (AvgIpc) is 3.15. The van der Waals surface area contributed by atoms with Gasteiger partial charge in [-0.05, 0) is 78.3 Å². The number of nitrogens with one attached hydrogen (secondary N) is 1. The van der Waals surface area contributed by atoms with E-state index in [1.165, 1.54) is 0 Å². The molecule has 1 aliphatic heterocycles. The van der Waals surface area contributed by atoms with E-state index in [4.69, 9.17) is 27.0 Å². The fourth-order valence-corrected chi connectivity index (χ4v) is 4.03. The van der Waals surface area contributed by atoms with Crippen molar-refractivity contribution in [3.8, 4) is 17.6 Å². The van der Waals surface area contributed by atoms with Crippen LogP contribution in [-0.4, -0.2) is 18.1 Å². The number of ether oxygens (including phenoxy) is 2. The summed E-state index contributed by atoms with van der Waals surface area (Å²) in [5.74, 6) is 1.13. The van der Waals surface area contributed by atoms with Gasteiger partial charge in [0.05, 0.1) is 24.4 Å². The van der Waals surface area contributed by atoms with Crippen molar-refractivity contribution in [2.24, 2.45) is 0 Å². The fraction of sp³-hybridized carbons (Fsp3) is 0.148. The van der Waals surface area contributed by atoms with Gasteiger partial charge < -0.3 is 14.8 Å². The minimum Gasteiger partial charge on any atom is -0.496 e. The monoisotopic (exact) mass is 469 g/mol. The first-order chi connectivity index (χ1) is 16.5. The highest BCUT2D eigenvalue weighted by molar-refractivity contribution is 7.80. The number of hydrogen-bond donors (Lipinski definition) is 1. The van der Waals surface area contributed by atoms with E-state index >= 15 is 0 Å². The number of anilines is 1. The summed E-state index contributed by atoms with van der Waals surface area (Å²) in [6.07, 6.45) is 2.57. The molecule has 1 heterocycles. The van der Waals surface area contributed by atoms with Gasteiger partial charge in [-0.3, -0.25) is 9.69 Å². The molecule has 4 rings (SSSR count). The van der Waals surface area contributed by atoms with Crippen molar-refractivity contribution in [3.05, 3.63) is 94.7 Å². The molecular formula is C27H23N3O3S. The molecule has 170 valence electrons. The van der Waals surface area contributed by atoms with Crippen LogP contribution in [0, 0.1) is 11.3 Å². The second-order valence-corrected chi connectivity index (χ2v) is 7.99. The molecule has 1 fully saturated rings. The number of nitriles is 1. The molecule has 0 spiro atoms. The summed E-state index contributed by atoms with van der Waals surface area (Å²) < 4.78 is 11.4. The number of rotatable bonds is 7.